The van der Waals surface area contributed by atoms with Crippen molar-refractivity contribution in [3.63, 3.8) is 0 Å². The van der Waals surface area contributed by atoms with Crippen molar-refractivity contribution in [2.24, 2.45) is 17.6 Å². The number of piperidine rings is 1. The third kappa shape index (κ3) is 4.63. The molecule has 1 aromatic rings. The highest BCUT2D eigenvalue weighted by atomic mass is 35.5. The van der Waals surface area contributed by atoms with Crippen LogP contribution in [0.25, 0.3) is 0 Å². The summed E-state index contributed by atoms with van der Waals surface area (Å²) in [7, 11) is 0. The first kappa shape index (κ1) is 21.3. The van der Waals surface area contributed by atoms with Crippen molar-refractivity contribution >= 4 is 53.1 Å². The van der Waals surface area contributed by atoms with E-state index >= 15 is 0 Å². The van der Waals surface area contributed by atoms with Gasteiger partial charge in [-0.05, 0) is 43.9 Å². The number of hydrogen-bond acceptors (Lipinski definition) is 3. The summed E-state index contributed by atoms with van der Waals surface area (Å²) in [6, 6.07) is 5.10. The highest BCUT2D eigenvalue weighted by Crippen LogP contribution is 2.31. The van der Waals surface area contributed by atoms with Gasteiger partial charge in [-0.3, -0.25) is 9.59 Å². The predicted octanol–water partition coefficient (Wildman–Crippen LogP) is 3.35. The molecule has 0 saturated carbocycles. The quantitative estimate of drug-likeness (QED) is 0.815. The van der Waals surface area contributed by atoms with E-state index in [9.17, 15) is 9.59 Å². The smallest absolute Gasteiger partial charge is 0.228 e. The second-order valence-corrected chi connectivity index (χ2v) is 7.95. The lowest BCUT2D eigenvalue weighted by Crippen LogP contribution is -2.47. The van der Waals surface area contributed by atoms with E-state index in [2.05, 4.69) is 0 Å². The van der Waals surface area contributed by atoms with Gasteiger partial charge >= 0.3 is 0 Å². The molecule has 2 N–H and O–H groups in total. The number of nitrogens with two attached hydrogens (primary N) is 1. The Morgan fingerprint density at radius 1 is 1.23 bits per heavy atom. The number of carbonyl (C=O) groups excluding carboxylic acids is 2. The molecule has 0 aliphatic carbocycles. The van der Waals surface area contributed by atoms with E-state index in [4.69, 9.17) is 28.9 Å². The van der Waals surface area contributed by atoms with Gasteiger partial charge in [0.25, 0.3) is 0 Å². The minimum absolute atomic E-state index is 0. The van der Waals surface area contributed by atoms with Gasteiger partial charge in [0.15, 0.2) is 0 Å². The first-order valence-electron chi connectivity index (χ1n) is 8.66. The van der Waals surface area contributed by atoms with Crippen molar-refractivity contribution in [1.29, 1.82) is 0 Å². The maximum atomic E-state index is 12.9. The van der Waals surface area contributed by atoms with Crippen LogP contribution in [0.4, 0.5) is 5.69 Å². The third-order valence-corrected chi connectivity index (χ3v) is 5.58. The molecule has 2 fully saturated rings. The van der Waals surface area contributed by atoms with E-state index in [1.807, 2.05) is 11.8 Å². The molecular weight excluding hydrogens is 397 g/mol. The van der Waals surface area contributed by atoms with Crippen molar-refractivity contribution in [2.45, 2.75) is 32.2 Å². The van der Waals surface area contributed by atoms with Crippen molar-refractivity contribution < 1.29 is 9.59 Å². The fraction of sp³-hybridized carbons (Fsp3) is 0.556. The molecule has 1 aromatic carbocycles. The fourth-order valence-electron chi connectivity index (χ4n) is 3.72. The van der Waals surface area contributed by atoms with E-state index in [0.717, 1.165) is 19.4 Å². The predicted molar refractivity (Wildman–Crippen MR) is 107 cm³/mol. The van der Waals surface area contributed by atoms with E-state index in [1.54, 1.807) is 23.1 Å². The number of amides is 2. The van der Waals surface area contributed by atoms with Gasteiger partial charge in [-0.25, -0.2) is 0 Å². The molecule has 2 amide bonds. The average Bonchev–Trinajstić information content (AvgIpc) is 2.95. The molecule has 5 nitrogen and oxygen atoms in total. The molecule has 8 heteroatoms. The number of anilines is 1. The maximum absolute atomic E-state index is 12.9. The van der Waals surface area contributed by atoms with Gasteiger partial charge < -0.3 is 15.5 Å². The van der Waals surface area contributed by atoms with Gasteiger partial charge in [-0.2, -0.15) is 0 Å². The van der Waals surface area contributed by atoms with Gasteiger partial charge in [0.05, 0.1) is 5.92 Å². The first-order valence-corrected chi connectivity index (χ1v) is 9.41. The Morgan fingerprint density at radius 3 is 2.50 bits per heavy atom. The monoisotopic (exact) mass is 419 g/mol. The number of nitrogens with zero attached hydrogens (tertiary/aromatic N) is 2. The van der Waals surface area contributed by atoms with Crippen LogP contribution in [0.1, 0.15) is 26.2 Å². The summed E-state index contributed by atoms with van der Waals surface area (Å²) in [5, 5.41) is 0.946. The summed E-state index contributed by atoms with van der Waals surface area (Å²) >= 11 is 12.1. The van der Waals surface area contributed by atoms with Gasteiger partial charge in [0.2, 0.25) is 11.8 Å². The molecule has 2 aliphatic heterocycles. The zero-order valence-corrected chi connectivity index (χ0v) is 17.0. The topological polar surface area (TPSA) is 66.6 Å². The van der Waals surface area contributed by atoms with Crippen molar-refractivity contribution in [3.05, 3.63) is 28.2 Å². The van der Waals surface area contributed by atoms with Crippen LogP contribution in [0.2, 0.25) is 10.0 Å². The number of benzene rings is 1. The van der Waals surface area contributed by atoms with E-state index in [-0.39, 0.29) is 42.6 Å². The van der Waals surface area contributed by atoms with Crippen LogP contribution in [0.3, 0.4) is 0 Å². The molecule has 2 aliphatic rings. The first-order chi connectivity index (χ1) is 11.8. The van der Waals surface area contributed by atoms with Crippen LogP contribution >= 0.6 is 35.6 Å². The zero-order valence-electron chi connectivity index (χ0n) is 14.7. The van der Waals surface area contributed by atoms with Crippen molar-refractivity contribution in [2.75, 3.05) is 24.5 Å². The number of hydrogen-bond donors (Lipinski definition) is 1. The number of carbonyl (C=O) groups is 2. The van der Waals surface area contributed by atoms with Gasteiger partial charge in [-0.15, -0.1) is 12.4 Å². The number of rotatable bonds is 3. The van der Waals surface area contributed by atoms with E-state index in [1.165, 1.54) is 0 Å². The second-order valence-electron chi connectivity index (χ2n) is 7.08. The normalized spacial score (nSPS) is 24.4. The molecule has 0 spiro atoms. The minimum Gasteiger partial charge on any atom is -0.342 e. The van der Waals surface area contributed by atoms with Crippen LogP contribution in [0, 0.1) is 11.8 Å². The summed E-state index contributed by atoms with van der Waals surface area (Å²) in [5.41, 5.74) is 6.65. The molecular formula is C18H24Cl3N3O2. The van der Waals surface area contributed by atoms with E-state index < -0.39 is 0 Å². The molecule has 2 saturated heterocycles. The fourth-order valence-corrected chi connectivity index (χ4v) is 4.23. The third-order valence-electron chi connectivity index (χ3n) is 5.15. The average molecular weight is 421 g/mol. The van der Waals surface area contributed by atoms with Crippen LogP contribution in [-0.2, 0) is 9.59 Å². The maximum Gasteiger partial charge on any atom is 0.228 e. The highest BCUT2D eigenvalue weighted by Gasteiger charge is 2.38. The summed E-state index contributed by atoms with van der Waals surface area (Å²) in [4.78, 5) is 28.8. The van der Waals surface area contributed by atoms with Gasteiger partial charge in [-0.1, -0.05) is 23.2 Å². The molecule has 0 bridgehead atoms. The Morgan fingerprint density at radius 2 is 1.88 bits per heavy atom. The molecule has 0 aromatic heterocycles. The van der Waals surface area contributed by atoms with Crippen molar-refractivity contribution in [1.82, 2.24) is 4.90 Å². The lowest BCUT2D eigenvalue weighted by molar-refractivity contribution is -0.137. The van der Waals surface area contributed by atoms with E-state index in [0.29, 0.717) is 34.7 Å². The molecule has 144 valence electrons. The standard InChI is InChI=1S/C18H23Cl2N3O2.ClH/c1-11(21)12-3-2-4-22(9-12)18(25)13-5-17(24)23(10-13)16-7-14(19)6-15(20)8-16;/h6-8,11-13H,2-5,9-10,21H2,1H3;1H. The second kappa shape index (κ2) is 8.79. The van der Waals surface area contributed by atoms with Crippen molar-refractivity contribution in [3.8, 4) is 0 Å². The Bertz CT molecular complexity index is 663. The van der Waals surface area contributed by atoms with Gasteiger partial charge in [0, 0.05) is 47.8 Å². The number of likely N-dealkylation sites (tertiary alicyclic amines) is 1. The summed E-state index contributed by atoms with van der Waals surface area (Å²) in [5.74, 6) is -0.0125. The minimum atomic E-state index is -0.322. The molecule has 0 radical (unpaired) electrons. The number of halogens is 3. The SMILES string of the molecule is CC(N)C1CCCN(C(=O)C2CC(=O)N(c3cc(Cl)cc(Cl)c3)C2)C1.Cl. The Balaban J connectivity index is 0.00000243. The molecule has 2 heterocycles. The van der Waals surface area contributed by atoms with Crippen LogP contribution in [0.5, 0.6) is 0 Å². The molecule has 3 rings (SSSR count). The zero-order chi connectivity index (χ0) is 18.1. The highest BCUT2D eigenvalue weighted by molar-refractivity contribution is 6.35. The molecule has 3 atom stereocenters. The van der Waals surface area contributed by atoms with Crippen LogP contribution in [0.15, 0.2) is 18.2 Å². The van der Waals surface area contributed by atoms with Crippen LogP contribution < -0.4 is 10.6 Å². The summed E-state index contributed by atoms with van der Waals surface area (Å²) in [6.45, 7) is 3.79. The lowest BCUT2D eigenvalue weighted by atomic mass is 9.91. The largest absolute Gasteiger partial charge is 0.342 e. The molecule has 26 heavy (non-hydrogen) atoms. The van der Waals surface area contributed by atoms with Gasteiger partial charge in [0.1, 0.15) is 0 Å². The Kier molecular flexibility index (Phi) is 7.19. The summed E-state index contributed by atoms with van der Waals surface area (Å²) in [6.07, 6.45) is 2.24. The Labute approximate surface area is 170 Å². The molecule has 3 unspecified atom stereocenters. The lowest BCUT2D eigenvalue weighted by Gasteiger charge is -2.35. The van der Waals surface area contributed by atoms with Crippen LogP contribution in [-0.4, -0.2) is 42.4 Å². The summed E-state index contributed by atoms with van der Waals surface area (Å²) < 4.78 is 0. The Hall–Kier alpha value is -1.01.